The Morgan fingerprint density at radius 1 is 1.56 bits per heavy atom. The highest BCUT2D eigenvalue weighted by Gasteiger charge is 2.23. The third-order valence-electron chi connectivity index (χ3n) is 2.90. The van der Waals surface area contributed by atoms with Crippen LogP contribution < -0.4 is 20.9 Å². The molecule has 0 saturated carbocycles. The Kier molecular flexibility index (Phi) is 3.03. The first-order valence-corrected chi connectivity index (χ1v) is 5.48. The average Bonchev–Trinajstić information content (AvgIpc) is 2.65. The van der Waals surface area contributed by atoms with Gasteiger partial charge in [0.25, 0.3) is 0 Å². The Labute approximate surface area is 95.5 Å². The minimum atomic E-state index is -0.209. The van der Waals surface area contributed by atoms with Crippen molar-refractivity contribution in [1.82, 2.24) is 0 Å². The molecule has 0 spiro atoms. The lowest BCUT2D eigenvalue weighted by atomic mass is 10.0. The van der Waals surface area contributed by atoms with Crippen LogP contribution in [0.3, 0.4) is 0 Å². The van der Waals surface area contributed by atoms with Crippen molar-refractivity contribution in [2.24, 2.45) is 11.5 Å². The van der Waals surface area contributed by atoms with Gasteiger partial charge < -0.3 is 20.9 Å². The maximum atomic E-state index is 5.94. The first kappa shape index (κ1) is 11.2. The van der Waals surface area contributed by atoms with Gasteiger partial charge in [-0.3, -0.25) is 0 Å². The van der Waals surface area contributed by atoms with Gasteiger partial charge in [0.05, 0.1) is 7.11 Å². The van der Waals surface area contributed by atoms with E-state index in [9.17, 15) is 0 Å². The summed E-state index contributed by atoms with van der Waals surface area (Å²) < 4.78 is 11.0. The van der Waals surface area contributed by atoms with Crippen molar-refractivity contribution in [2.75, 3.05) is 13.7 Å². The van der Waals surface area contributed by atoms with Crippen LogP contribution in [0.25, 0.3) is 0 Å². The number of hydrogen-bond donors (Lipinski definition) is 2. The lowest BCUT2D eigenvalue weighted by Gasteiger charge is -2.15. The highest BCUT2D eigenvalue weighted by Crippen LogP contribution is 2.36. The molecular formula is C12H18N2O2. The fourth-order valence-corrected chi connectivity index (χ4v) is 2.05. The van der Waals surface area contributed by atoms with Gasteiger partial charge in [0.2, 0.25) is 0 Å². The number of ether oxygens (including phenoxy) is 2. The normalized spacial score (nSPS) is 20.1. The smallest absolute Gasteiger partial charge is 0.124 e. The summed E-state index contributed by atoms with van der Waals surface area (Å²) in [4.78, 5) is 0. The van der Waals surface area contributed by atoms with Crippen molar-refractivity contribution in [3.8, 4) is 11.5 Å². The highest BCUT2D eigenvalue weighted by atomic mass is 16.5. The molecule has 2 rings (SSSR count). The van der Waals surface area contributed by atoms with E-state index in [2.05, 4.69) is 6.92 Å². The summed E-state index contributed by atoms with van der Waals surface area (Å²) >= 11 is 0. The minimum absolute atomic E-state index is 0.209. The second kappa shape index (κ2) is 4.31. The molecule has 0 aromatic heterocycles. The second-order valence-corrected chi connectivity index (χ2v) is 4.18. The molecule has 1 aliphatic rings. The molecule has 0 aliphatic carbocycles. The molecule has 0 bridgehead atoms. The molecule has 2 atom stereocenters. The van der Waals surface area contributed by atoms with Crippen LogP contribution >= 0.6 is 0 Å². The predicted molar refractivity (Wildman–Crippen MR) is 62.8 cm³/mol. The zero-order chi connectivity index (χ0) is 11.7. The van der Waals surface area contributed by atoms with E-state index < -0.39 is 0 Å². The van der Waals surface area contributed by atoms with E-state index in [4.69, 9.17) is 20.9 Å². The number of nitrogens with two attached hydrogens (primary N) is 2. The molecule has 1 aromatic rings. The van der Waals surface area contributed by atoms with Gasteiger partial charge in [-0.1, -0.05) is 0 Å². The zero-order valence-corrected chi connectivity index (χ0v) is 9.69. The van der Waals surface area contributed by atoms with Crippen LogP contribution in [0.4, 0.5) is 0 Å². The standard InChI is InChI=1S/C12H18N2O2/c1-7-3-8-4-12(15-2)9(10(14)6-13)5-11(8)16-7/h4-5,7,10H,3,6,13-14H2,1-2H3. The van der Waals surface area contributed by atoms with Crippen molar-refractivity contribution in [3.05, 3.63) is 23.3 Å². The summed E-state index contributed by atoms with van der Waals surface area (Å²) in [5, 5.41) is 0. The molecule has 4 N–H and O–H groups in total. The fourth-order valence-electron chi connectivity index (χ4n) is 2.05. The summed E-state index contributed by atoms with van der Waals surface area (Å²) in [7, 11) is 1.65. The van der Waals surface area contributed by atoms with E-state index in [1.54, 1.807) is 7.11 Å². The molecule has 16 heavy (non-hydrogen) atoms. The Bertz CT molecular complexity index is 393. The van der Waals surface area contributed by atoms with Crippen molar-refractivity contribution in [2.45, 2.75) is 25.5 Å². The largest absolute Gasteiger partial charge is 0.496 e. The van der Waals surface area contributed by atoms with Crippen LogP contribution in [0.15, 0.2) is 12.1 Å². The maximum Gasteiger partial charge on any atom is 0.124 e. The van der Waals surface area contributed by atoms with Gasteiger partial charge in [-0.15, -0.1) is 0 Å². The van der Waals surface area contributed by atoms with E-state index in [1.807, 2.05) is 12.1 Å². The van der Waals surface area contributed by atoms with E-state index in [0.717, 1.165) is 23.5 Å². The quantitative estimate of drug-likeness (QED) is 0.799. The summed E-state index contributed by atoms with van der Waals surface area (Å²) in [5.41, 5.74) is 13.6. The topological polar surface area (TPSA) is 70.5 Å². The van der Waals surface area contributed by atoms with Crippen LogP contribution in [0, 0.1) is 0 Å². The third-order valence-corrected chi connectivity index (χ3v) is 2.90. The first-order valence-electron chi connectivity index (χ1n) is 5.48. The van der Waals surface area contributed by atoms with Crippen LogP contribution in [-0.4, -0.2) is 19.8 Å². The van der Waals surface area contributed by atoms with Crippen LogP contribution in [-0.2, 0) is 6.42 Å². The van der Waals surface area contributed by atoms with Gasteiger partial charge in [0.1, 0.15) is 17.6 Å². The van der Waals surface area contributed by atoms with Crippen LogP contribution in [0.5, 0.6) is 11.5 Å². The summed E-state index contributed by atoms with van der Waals surface area (Å²) in [6, 6.07) is 3.75. The second-order valence-electron chi connectivity index (χ2n) is 4.18. The summed E-state index contributed by atoms with van der Waals surface area (Å²) in [5.74, 6) is 1.71. The molecule has 1 aromatic carbocycles. The molecular weight excluding hydrogens is 204 g/mol. The molecule has 1 heterocycles. The molecule has 1 aliphatic heterocycles. The molecule has 0 amide bonds. The number of benzene rings is 1. The van der Waals surface area contributed by atoms with Crippen LogP contribution in [0.1, 0.15) is 24.1 Å². The van der Waals surface area contributed by atoms with Crippen molar-refractivity contribution >= 4 is 0 Å². The number of rotatable bonds is 3. The SMILES string of the molecule is COc1cc2c(cc1C(N)CN)OC(C)C2. The fraction of sp³-hybridized carbons (Fsp3) is 0.500. The molecule has 4 heteroatoms. The summed E-state index contributed by atoms with van der Waals surface area (Å²) in [6.45, 7) is 2.44. The van der Waals surface area contributed by atoms with E-state index in [0.29, 0.717) is 6.54 Å². The monoisotopic (exact) mass is 222 g/mol. The molecule has 0 radical (unpaired) electrons. The van der Waals surface area contributed by atoms with Gasteiger partial charge in [-0.25, -0.2) is 0 Å². The van der Waals surface area contributed by atoms with Crippen LogP contribution in [0.2, 0.25) is 0 Å². The Morgan fingerprint density at radius 3 is 2.94 bits per heavy atom. The maximum absolute atomic E-state index is 5.94. The third kappa shape index (κ3) is 1.86. The minimum Gasteiger partial charge on any atom is -0.496 e. The zero-order valence-electron chi connectivity index (χ0n) is 9.69. The molecule has 0 fully saturated rings. The Morgan fingerprint density at radius 2 is 2.31 bits per heavy atom. The number of hydrogen-bond acceptors (Lipinski definition) is 4. The first-order chi connectivity index (χ1) is 7.65. The lowest BCUT2D eigenvalue weighted by Crippen LogP contribution is -2.21. The number of methoxy groups -OCH3 is 1. The van der Waals surface area contributed by atoms with Crippen molar-refractivity contribution in [3.63, 3.8) is 0 Å². The van der Waals surface area contributed by atoms with Gasteiger partial charge in [-0.2, -0.15) is 0 Å². The van der Waals surface area contributed by atoms with E-state index in [1.165, 1.54) is 5.56 Å². The average molecular weight is 222 g/mol. The Hall–Kier alpha value is -1.26. The van der Waals surface area contributed by atoms with Crippen molar-refractivity contribution < 1.29 is 9.47 Å². The summed E-state index contributed by atoms with van der Waals surface area (Å²) in [6.07, 6.45) is 1.15. The van der Waals surface area contributed by atoms with E-state index >= 15 is 0 Å². The van der Waals surface area contributed by atoms with Crippen molar-refractivity contribution in [1.29, 1.82) is 0 Å². The van der Waals surface area contributed by atoms with Gasteiger partial charge in [-0.05, 0) is 19.1 Å². The van der Waals surface area contributed by atoms with Gasteiger partial charge in [0, 0.05) is 30.1 Å². The van der Waals surface area contributed by atoms with Gasteiger partial charge >= 0.3 is 0 Å². The molecule has 0 saturated heterocycles. The Balaban J connectivity index is 2.42. The van der Waals surface area contributed by atoms with E-state index in [-0.39, 0.29) is 12.1 Å². The lowest BCUT2D eigenvalue weighted by molar-refractivity contribution is 0.254. The predicted octanol–water partition coefficient (Wildman–Crippen LogP) is 0.977. The molecule has 88 valence electrons. The number of fused-ring (bicyclic) bond motifs is 1. The van der Waals surface area contributed by atoms with Gasteiger partial charge in [0.15, 0.2) is 0 Å². The highest BCUT2D eigenvalue weighted by molar-refractivity contribution is 5.49. The molecule has 4 nitrogen and oxygen atoms in total. The molecule has 2 unspecified atom stereocenters.